The molecule has 0 radical (unpaired) electrons. The van der Waals surface area contributed by atoms with Crippen LogP contribution < -0.4 is 0 Å². The first kappa shape index (κ1) is 17.5. The zero-order valence-electron chi connectivity index (χ0n) is 14.3. The maximum Gasteiger partial charge on any atom is 0.234 e. The topological polar surface area (TPSA) is 74.8 Å². The number of nitrogens with zero attached hydrogens (tertiary/aromatic N) is 5. The predicted molar refractivity (Wildman–Crippen MR) is 96.3 cm³/mol. The van der Waals surface area contributed by atoms with Gasteiger partial charge in [0.15, 0.2) is 5.16 Å². The Morgan fingerprint density at radius 1 is 1.32 bits per heavy atom. The molecule has 7 heteroatoms. The lowest BCUT2D eigenvalue weighted by Gasteiger charge is -2.39. The van der Waals surface area contributed by atoms with E-state index >= 15 is 0 Å². The zero-order valence-corrected chi connectivity index (χ0v) is 15.1. The first-order valence-corrected chi connectivity index (χ1v) is 9.41. The summed E-state index contributed by atoms with van der Waals surface area (Å²) in [5.74, 6) is 0.196. The molecule has 0 spiro atoms. The van der Waals surface area contributed by atoms with Gasteiger partial charge in [-0.1, -0.05) is 49.2 Å². The Labute approximate surface area is 151 Å². The highest BCUT2D eigenvalue weighted by atomic mass is 32.2. The molecule has 1 aromatic carbocycles. The van der Waals surface area contributed by atoms with Crippen LogP contribution in [0.25, 0.3) is 5.69 Å². The molecule has 1 fully saturated rings. The number of rotatable bonds is 5. The smallest absolute Gasteiger partial charge is 0.234 e. The normalized spacial score (nSPS) is 16.2. The van der Waals surface area contributed by atoms with Gasteiger partial charge in [0.05, 0.1) is 11.8 Å². The van der Waals surface area contributed by atoms with Crippen LogP contribution in [0, 0.1) is 11.3 Å². The molecule has 1 aliphatic carbocycles. The van der Waals surface area contributed by atoms with E-state index in [2.05, 4.69) is 16.3 Å². The number of amides is 1. The van der Waals surface area contributed by atoms with Crippen LogP contribution in [-0.2, 0) is 4.79 Å². The third kappa shape index (κ3) is 3.69. The fraction of sp³-hybridized carbons (Fsp3) is 0.444. The summed E-state index contributed by atoms with van der Waals surface area (Å²) in [4.78, 5) is 14.3. The molecular weight excluding hydrogens is 334 g/mol. The average molecular weight is 355 g/mol. The molecule has 0 atom stereocenters. The number of hydrogen-bond acceptors (Lipinski definition) is 5. The molecule has 1 heterocycles. The minimum atomic E-state index is -0.650. The molecule has 25 heavy (non-hydrogen) atoms. The standard InChI is InChI=1S/C18H21N5OS/c1-22(18(13-19)10-6-3-7-11-18)16(24)12-25-17-21-20-14-23(17)15-8-4-2-5-9-15/h2,4-5,8-9,14H,3,6-7,10-12H2,1H3. The van der Waals surface area contributed by atoms with Gasteiger partial charge in [0.25, 0.3) is 0 Å². The summed E-state index contributed by atoms with van der Waals surface area (Å²) in [6.07, 6.45) is 6.30. The predicted octanol–water partition coefficient (Wildman–Crippen LogP) is 3.04. The van der Waals surface area contributed by atoms with Crippen molar-refractivity contribution < 1.29 is 4.79 Å². The Balaban J connectivity index is 1.67. The first-order chi connectivity index (χ1) is 12.2. The summed E-state index contributed by atoms with van der Waals surface area (Å²) < 4.78 is 1.86. The van der Waals surface area contributed by atoms with E-state index in [0.717, 1.165) is 37.8 Å². The van der Waals surface area contributed by atoms with Gasteiger partial charge in [-0.05, 0) is 25.0 Å². The van der Waals surface area contributed by atoms with Gasteiger partial charge in [0, 0.05) is 12.7 Å². The Morgan fingerprint density at radius 2 is 2.04 bits per heavy atom. The fourth-order valence-corrected chi connectivity index (χ4v) is 4.05. The van der Waals surface area contributed by atoms with Gasteiger partial charge in [-0.15, -0.1) is 10.2 Å². The summed E-state index contributed by atoms with van der Waals surface area (Å²) >= 11 is 1.35. The molecule has 1 aromatic heterocycles. The van der Waals surface area contributed by atoms with Gasteiger partial charge in [0.2, 0.25) is 5.91 Å². The van der Waals surface area contributed by atoms with Crippen molar-refractivity contribution in [2.75, 3.05) is 12.8 Å². The molecule has 0 unspecified atom stereocenters. The number of nitriles is 1. The molecule has 0 aliphatic heterocycles. The van der Waals surface area contributed by atoms with Crippen LogP contribution in [0.2, 0.25) is 0 Å². The van der Waals surface area contributed by atoms with Crippen LogP contribution >= 0.6 is 11.8 Å². The van der Waals surface area contributed by atoms with Crippen LogP contribution in [0.1, 0.15) is 32.1 Å². The van der Waals surface area contributed by atoms with Crippen LogP contribution in [0.4, 0.5) is 0 Å². The molecule has 6 nitrogen and oxygen atoms in total. The Morgan fingerprint density at radius 3 is 2.72 bits per heavy atom. The monoisotopic (exact) mass is 355 g/mol. The van der Waals surface area contributed by atoms with E-state index in [9.17, 15) is 10.1 Å². The number of carbonyl (C=O) groups excluding carboxylic acids is 1. The zero-order chi connectivity index (χ0) is 17.7. The van der Waals surface area contributed by atoms with E-state index in [1.807, 2.05) is 34.9 Å². The molecule has 3 rings (SSSR count). The Kier molecular flexibility index (Phi) is 5.39. The highest BCUT2D eigenvalue weighted by Crippen LogP contribution is 2.33. The van der Waals surface area contributed by atoms with Gasteiger partial charge in [-0.3, -0.25) is 9.36 Å². The number of carbonyl (C=O) groups is 1. The Bertz CT molecular complexity index is 761. The second kappa shape index (κ2) is 7.70. The molecule has 0 bridgehead atoms. The number of para-hydroxylation sites is 1. The minimum absolute atomic E-state index is 0.0453. The number of benzene rings is 1. The number of aromatic nitrogens is 3. The molecule has 1 aliphatic rings. The quantitative estimate of drug-likeness (QED) is 0.771. The third-order valence-electron chi connectivity index (χ3n) is 4.78. The lowest BCUT2D eigenvalue weighted by atomic mass is 9.81. The lowest BCUT2D eigenvalue weighted by Crippen LogP contribution is -2.50. The maximum atomic E-state index is 12.6. The third-order valence-corrected chi connectivity index (χ3v) is 5.71. The number of thioether (sulfide) groups is 1. The summed E-state index contributed by atoms with van der Waals surface area (Å²) in [6.45, 7) is 0. The average Bonchev–Trinajstić information content (AvgIpc) is 3.15. The van der Waals surface area contributed by atoms with Crippen molar-refractivity contribution in [3.63, 3.8) is 0 Å². The van der Waals surface area contributed by atoms with Crippen molar-refractivity contribution in [3.8, 4) is 11.8 Å². The van der Waals surface area contributed by atoms with Crippen molar-refractivity contribution in [1.82, 2.24) is 19.7 Å². The van der Waals surface area contributed by atoms with Gasteiger partial charge in [0.1, 0.15) is 11.9 Å². The van der Waals surface area contributed by atoms with Gasteiger partial charge in [-0.2, -0.15) is 5.26 Å². The summed E-state index contributed by atoms with van der Waals surface area (Å²) in [6, 6.07) is 12.2. The van der Waals surface area contributed by atoms with Crippen LogP contribution in [0.3, 0.4) is 0 Å². The van der Waals surface area contributed by atoms with E-state index in [-0.39, 0.29) is 11.7 Å². The SMILES string of the molecule is CN(C(=O)CSc1nncn1-c1ccccc1)C1(C#N)CCCCC1. The largest absolute Gasteiger partial charge is 0.326 e. The summed E-state index contributed by atoms with van der Waals surface area (Å²) in [5.41, 5.74) is 0.305. The second-order valence-corrected chi connectivity index (χ2v) is 7.21. The van der Waals surface area contributed by atoms with Crippen LogP contribution in [0.15, 0.2) is 41.8 Å². The molecule has 0 N–H and O–H groups in total. The molecule has 1 saturated carbocycles. The second-order valence-electron chi connectivity index (χ2n) is 6.26. The highest BCUT2D eigenvalue weighted by molar-refractivity contribution is 7.99. The summed E-state index contributed by atoms with van der Waals surface area (Å²) in [5, 5.41) is 18.4. The molecular formula is C18H21N5OS. The van der Waals surface area contributed by atoms with Crippen LogP contribution in [-0.4, -0.2) is 43.9 Å². The first-order valence-electron chi connectivity index (χ1n) is 8.42. The summed E-state index contributed by atoms with van der Waals surface area (Å²) in [7, 11) is 1.75. The van der Waals surface area contributed by atoms with Gasteiger partial charge in [-0.25, -0.2) is 0 Å². The fourth-order valence-electron chi connectivity index (χ4n) is 3.21. The van der Waals surface area contributed by atoms with Crippen molar-refractivity contribution in [2.45, 2.75) is 42.8 Å². The van der Waals surface area contributed by atoms with Gasteiger partial charge < -0.3 is 4.90 Å². The maximum absolute atomic E-state index is 12.6. The van der Waals surface area contributed by atoms with E-state index in [0.29, 0.717) is 5.16 Å². The van der Waals surface area contributed by atoms with Crippen LogP contribution in [0.5, 0.6) is 0 Å². The Hall–Kier alpha value is -2.33. The van der Waals surface area contributed by atoms with E-state index in [4.69, 9.17) is 0 Å². The number of hydrogen-bond donors (Lipinski definition) is 0. The van der Waals surface area contributed by atoms with E-state index in [1.165, 1.54) is 11.8 Å². The molecule has 1 amide bonds. The highest BCUT2D eigenvalue weighted by Gasteiger charge is 2.38. The van der Waals surface area contributed by atoms with Crippen molar-refractivity contribution in [2.24, 2.45) is 0 Å². The van der Waals surface area contributed by atoms with Crippen molar-refractivity contribution in [1.29, 1.82) is 5.26 Å². The minimum Gasteiger partial charge on any atom is -0.326 e. The molecule has 2 aromatic rings. The lowest BCUT2D eigenvalue weighted by molar-refractivity contribution is -0.131. The molecule has 0 saturated heterocycles. The van der Waals surface area contributed by atoms with Crippen molar-refractivity contribution in [3.05, 3.63) is 36.7 Å². The van der Waals surface area contributed by atoms with Gasteiger partial charge >= 0.3 is 0 Å². The molecule has 130 valence electrons. The van der Waals surface area contributed by atoms with E-state index < -0.39 is 5.54 Å². The van der Waals surface area contributed by atoms with E-state index in [1.54, 1.807) is 18.3 Å². The van der Waals surface area contributed by atoms with Crippen molar-refractivity contribution >= 4 is 17.7 Å².